The Labute approximate surface area is 162 Å². The molecule has 2 aromatic heterocycles. The van der Waals surface area contributed by atoms with Gasteiger partial charge >= 0.3 is 0 Å². The molecular weight excluding hydrogens is 366 g/mol. The Balaban J connectivity index is 1.48. The van der Waals surface area contributed by atoms with E-state index in [0.717, 1.165) is 23.5 Å². The van der Waals surface area contributed by atoms with Gasteiger partial charge in [0.15, 0.2) is 0 Å². The lowest BCUT2D eigenvalue weighted by Gasteiger charge is -2.35. The van der Waals surface area contributed by atoms with Crippen molar-refractivity contribution in [3.05, 3.63) is 34.3 Å². The van der Waals surface area contributed by atoms with Gasteiger partial charge in [0.25, 0.3) is 5.91 Å². The maximum Gasteiger partial charge on any atom is 0.271 e. The van der Waals surface area contributed by atoms with E-state index in [0.29, 0.717) is 25.1 Å². The number of hydrogen-bond acceptors (Lipinski definition) is 6. The highest BCUT2D eigenvalue weighted by Crippen LogP contribution is 2.27. The van der Waals surface area contributed by atoms with E-state index >= 15 is 0 Å². The Morgan fingerprint density at radius 1 is 1.41 bits per heavy atom. The number of rotatable bonds is 7. The number of imidazole rings is 1. The summed E-state index contributed by atoms with van der Waals surface area (Å²) in [6.07, 6.45) is 5.92. The van der Waals surface area contributed by atoms with Crippen molar-refractivity contribution in [2.75, 3.05) is 13.7 Å². The quantitative estimate of drug-likeness (QED) is 0.662. The van der Waals surface area contributed by atoms with Crippen LogP contribution < -0.4 is 10.6 Å². The zero-order valence-electron chi connectivity index (χ0n) is 15.5. The van der Waals surface area contributed by atoms with Crippen molar-refractivity contribution >= 4 is 23.2 Å². The Hall–Kier alpha value is -2.26. The number of aromatic amines is 1. The summed E-state index contributed by atoms with van der Waals surface area (Å²) in [5, 5.41) is 8.60. The average Bonchev–Trinajstić information content (AvgIpc) is 3.33. The predicted molar refractivity (Wildman–Crippen MR) is 102 cm³/mol. The van der Waals surface area contributed by atoms with Crippen LogP contribution in [0.5, 0.6) is 0 Å². The molecule has 0 bridgehead atoms. The number of ether oxygens (including phenoxy) is 1. The van der Waals surface area contributed by atoms with Crippen molar-refractivity contribution in [2.24, 2.45) is 5.92 Å². The van der Waals surface area contributed by atoms with Crippen molar-refractivity contribution in [3.8, 4) is 0 Å². The molecular formula is C18H25N5O3S. The van der Waals surface area contributed by atoms with Crippen molar-refractivity contribution < 1.29 is 14.3 Å². The van der Waals surface area contributed by atoms with Crippen LogP contribution in [-0.2, 0) is 16.0 Å². The summed E-state index contributed by atoms with van der Waals surface area (Å²) >= 11 is 1.45. The lowest BCUT2D eigenvalue weighted by atomic mass is 9.83. The molecule has 9 heteroatoms. The third kappa shape index (κ3) is 5.14. The highest BCUT2D eigenvalue weighted by atomic mass is 32.1. The summed E-state index contributed by atoms with van der Waals surface area (Å²) in [6, 6.07) is -0.112. The van der Waals surface area contributed by atoms with Crippen LogP contribution in [0.15, 0.2) is 17.9 Å². The van der Waals surface area contributed by atoms with E-state index in [9.17, 15) is 9.59 Å². The number of aromatic nitrogens is 3. The van der Waals surface area contributed by atoms with Crippen LogP contribution in [0, 0.1) is 12.8 Å². The fraction of sp³-hybridized carbons (Fsp3) is 0.556. The first-order valence-electron chi connectivity index (χ1n) is 9.07. The number of amides is 2. The second-order valence-corrected chi connectivity index (χ2v) is 7.80. The van der Waals surface area contributed by atoms with E-state index < -0.39 is 0 Å². The Kier molecular flexibility index (Phi) is 6.57. The maximum atomic E-state index is 12.5. The highest BCUT2D eigenvalue weighted by Gasteiger charge is 2.35. The Morgan fingerprint density at radius 3 is 2.93 bits per heavy atom. The second kappa shape index (κ2) is 9.09. The maximum absolute atomic E-state index is 12.5. The fourth-order valence-electron chi connectivity index (χ4n) is 3.39. The molecule has 0 aliphatic heterocycles. The van der Waals surface area contributed by atoms with Crippen LogP contribution in [-0.4, -0.2) is 52.6 Å². The van der Waals surface area contributed by atoms with Gasteiger partial charge in [0.2, 0.25) is 5.91 Å². The summed E-state index contributed by atoms with van der Waals surface area (Å²) in [5.41, 5.74) is 1.43. The molecule has 0 saturated heterocycles. The van der Waals surface area contributed by atoms with Crippen LogP contribution in [0.4, 0.5) is 0 Å². The summed E-state index contributed by atoms with van der Waals surface area (Å²) in [4.78, 5) is 36.0. The van der Waals surface area contributed by atoms with Crippen LogP contribution in [0.2, 0.25) is 0 Å². The van der Waals surface area contributed by atoms with Crippen LogP contribution in [0.1, 0.15) is 40.5 Å². The molecule has 146 valence electrons. The predicted octanol–water partition coefficient (Wildman–Crippen LogP) is 1.45. The first-order chi connectivity index (χ1) is 13.1. The first-order valence-corrected chi connectivity index (χ1v) is 9.95. The summed E-state index contributed by atoms with van der Waals surface area (Å²) in [7, 11) is 1.62. The van der Waals surface area contributed by atoms with Gasteiger partial charge in [0, 0.05) is 43.3 Å². The number of carbonyl (C=O) groups is 2. The smallest absolute Gasteiger partial charge is 0.271 e. The van der Waals surface area contributed by atoms with Crippen LogP contribution in [0.3, 0.4) is 0 Å². The molecule has 3 atom stereocenters. The Bertz CT molecular complexity index is 761. The molecule has 0 unspecified atom stereocenters. The molecule has 27 heavy (non-hydrogen) atoms. The fourth-order valence-corrected chi connectivity index (χ4v) is 3.98. The van der Waals surface area contributed by atoms with Gasteiger partial charge in [-0.1, -0.05) is 0 Å². The molecule has 3 rings (SSSR count). The molecule has 3 N–H and O–H groups in total. The molecule has 1 aliphatic carbocycles. The summed E-state index contributed by atoms with van der Waals surface area (Å²) in [5.74, 6) is -0.253. The van der Waals surface area contributed by atoms with E-state index in [-0.39, 0.29) is 29.9 Å². The lowest BCUT2D eigenvalue weighted by Crippen LogP contribution is -2.50. The number of hydrogen-bond donors (Lipinski definition) is 3. The molecule has 2 heterocycles. The largest absolute Gasteiger partial charge is 0.379 e. The summed E-state index contributed by atoms with van der Waals surface area (Å²) in [6.45, 7) is 2.44. The van der Waals surface area contributed by atoms with Gasteiger partial charge < -0.3 is 20.4 Å². The molecule has 0 spiro atoms. The minimum absolute atomic E-state index is 0.0384. The Morgan fingerprint density at radius 2 is 2.26 bits per heavy atom. The van der Waals surface area contributed by atoms with Crippen LogP contribution in [0.25, 0.3) is 0 Å². The number of nitrogens with zero attached hydrogens (tertiary/aromatic N) is 2. The van der Waals surface area contributed by atoms with Crippen molar-refractivity contribution in [3.63, 3.8) is 0 Å². The van der Waals surface area contributed by atoms with E-state index in [2.05, 4.69) is 25.6 Å². The molecule has 1 aliphatic rings. The molecule has 8 nitrogen and oxygen atoms in total. The highest BCUT2D eigenvalue weighted by molar-refractivity contribution is 7.09. The van der Waals surface area contributed by atoms with Gasteiger partial charge in [-0.15, -0.1) is 11.3 Å². The molecule has 2 aromatic rings. The van der Waals surface area contributed by atoms with Gasteiger partial charge in [-0.25, -0.2) is 9.97 Å². The molecule has 0 radical (unpaired) electrons. The molecule has 1 fully saturated rings. The lowest BCUT2D eigenvalue weighted by molar-refractivity contribution is -0.127. The number of nitrogens with one attached hydrogen (secondary N) is 3. The van der Waals surface area contributed by atoms with Crippen molar-refractivity contribution in [2.45, 2.75) is 44.8 Å². The monoisotopic (exact) mass is 391 g/mol. The van der Waals surface area contributed by atoms with Gasteiger partial charge in [0.1, 0.15) is 5.69 Å². The van der Waals surface area contributed by atoms with Gasteiger partial charge in [-0.05, 0) is 26.2 Å². The third-order valence-corrected chi connectivity index (χ3v) is 5.66. The number of methoxy groups -OCH3 is 1. The van der Waals surface area contributed by atoms with E-state index in [4.69, 9.17) is 4.74 Å². The first kappa shape index (κ1) is 19.5. The van der Waals surface area contributed by atoms with Crippen molar-refractivity contribution in [1.82, 2.24) is 25.6 Å². The molecule has 2 amide bonds. The van der Waals surface area contributed by atoms with Crippen molar-refractivity contribution in [1.29, 1.82) is 0 Å². The zero-order chi connectivity index (χ0) is 19.2. The van der Waals surface area contributed by atoms with Gasteiger partial charge in [-0.2, -0.15) is 0 Å². The normalized spacial score (nSPS) is 22.4. The van der Waals surface area contributed by atoms with E-state index in [1.807, 2.05) is 6.92 Å². The topological polar surface area (TPSA) is 109 Å². The summed E-state index contributed by atoms with van der Waals surface area (Å²) < 4.78 is 5.56. The third-order valence-electron chi connectivity index (χ3n) is 4.88. The number of H-pyrrole nitrogens is 1. The molecule has 0 aromatic carbocycles. The van der Waals surface area contributed by atoms with E-state index in [1.54, 1.807) is 25.0 Å². The van der Waals surface area contributed by atoms with E-state index in [1.165, 1.54) is 11.3 Å². The minimum atomic E-state index is -0.189. The average molecular weight is 391 g/mol. The van der Waals surface area contributed by atoms with Gasteiger partial charge in [0.05, 0.1) is 23.5 Å². The molecule has 1 saturated carbocycles. The number of carbonyl (C=O) groups excluding carboxylic acids is 2. The standard InChI is InChI=1S/C18H25N5O3S/c1-11-22-15(9-27-11)18(25)23-14-4-3-12(7-16(14)26-2)17(24)20-6-5-13-8-19-10-21-13/h8-10,12,14,16H,3-7H2,1-2H3,(H,19,21)(H,20,24)(H,23,25)/t12-,14-,16-/m0/s1. The van der Waals surface area contributed by atoms with Crippen LogP contribution >= 0.6 is 11.3 Å². The SMILES string of the molecule is CO[C@H]1C[C@@H](C(=O)NCCc2cnc[nH]2)CC[C@@H]1NC(=O)c1csc(C)n1. The van der Waals surface area contributed by atoms with Gasteiger partial charge in [-0.3, -0.25) is 9.59 Å². The minimum Gasteiger partial charge on any atom is -0.379 e. The number of thiazole rings is 1. The number of aryl methyl sites for hydroxylation is 1. The second-order valence-electron chi connectivity index (χ2n) is 6.73. The zero-order valence-corrected chi connectivity index (χ0v) is 16.3.